The van der Waals surface area contributed by atoms with E-state index < -0.39 is 0 Å². The molecule has 90 valence electrons. The molecule has 4 nitrogen and oxygen atoms in total. The normalized spacial score (nSPS) is 10.8. The van der Waals surface area contributed by atoms with E-state index in [-0.39, 0.29) is 0 Å². The molecule has 0 atom stereocenters. The van der Waals surface area contributed by atoms with Crippen molar-refractivity contribution >= 4 is 0 Å². The van der Waals surface area contributed by atoms with Crippen molar-refractivity contribution < 1.29 is 0 Å². The van der Waals surface area contributed by atoms with Crippen molar-refractivity contribution in [1.82, 2.24) is 15.0 Å². The fourth-order valence-electron chi connectivity index (χ4n) is 1.93. The summed E-state index contributed by atoms with van der Waals surface area (Å²) in [5.74, 6) is 0. The molecule has 1 aromatic heterocycles. The third-order valence-electron chi connectivity index (χ3n) is 2.96. The number of aromatic nitrogens is 3. The Morgan fingerprint density at radius 3 is 2.35 bits per heavy atom. The summed E-state index contributed by atoms with van der Waals surface area (Å²) in [6.45, 7) is 4.68. The van der Waals surface area contributed by atoms with Gasteiger partial charge in [0.05, 0.1) is 17.1 Å². The van der Waals surface area contributed by atoms with Gasteiger partial charge in [0, 0.05) is 6.54 Å². The molecule has 1 aromatic carbocycles. The lowest BCUT2D eigenvalue weighted by Gasteiger charge is -2.06. The molecule has 0 aliphatic rings. The van der Waals surface area contributed by atoms with E-state index in [1.54, 1.807) is 0 Å². The fourth-order valence-corrected chi connectivity index (χ4v) is 1.93. The molecule has 0 aliphatic heterocycles. The van der Waals surface area contributed by atoms with Crippen molar-refractivity contribution in [3.8, 4) is 5.69 Å². The van der Waals surface area contributed by atoms with Crippen LogP contribution in [0.25, 0.3) is 5.69 Å². The third kappa shape index (κ3) is 2.22. The number of hydrogen-bond donors (Lipinski definition) is 1. The van der Waals surface area contributed by atoms with Gasteiger partial charge in [-0.15, -0.1) is 5.10 Å². The predicted molar refractivity (Wildman–Crippen MR) is 68.0 cm³/mol. The molecule has 0 bridgehead atoms. The van der Waals surface area contributed by atoms with Crippen LogP contribution in [-0.2, 0) is 19.4 Å². The van der Waals surface area contributed by atoms with Gasteiger partial charge in [-0.2, -0.15) is 0 Å². The molecule has 0 spiro atoms. The second-order valence-electron chi connectivity index (χ2n) is 3.97. The zero-order valence-corrected chi connectivity index (χ0v) is 10.3. The molecule has 17 heavy (non-hydrogen) atoms. The van der Waals surface area contributed by atoms with Crippen LogP contribution in [-0.4, -0.2) is 15.0 Å². The Hall–Kier alpha value is -1.68. The minimum absolute atomic E-state index is 0.441. The Morgan fingerprint density at radius 1 is 1.12 bits per heavy atom. The van der Waals surface area contributed by atoms with E-state index in [0.29, 0.717) is 6.54 Å². The largest absolute Gasteiger partial charge is 0.325 e. The van der Waals surface area contributed by atoms with Gasteiger partial charge in [0.25, 0.3) is 0 Å². The molecule has 2 N–H and O–H groups in total. The summed E-state index contributed by atoms with van der Waals surface area (Å²) in [6.07, 6.45) is 1.93. The first-order chi connectivity index (χ1) is 8.30. The second-order valence-corrected chi connectivity index (χ2v) is 3.97. The van der Waals surface area contributed by atoms with E-state index in [0.717, 1.165) is 29.9 Å². The van der Waals surface area contributed by atoms with Crippen molar-refractivity contribution in [3.63, 3.8) is 0 Å². The third-order valence-corrected chi connectivity index (χ3v) is 2.96. The van der Waals surface area contributed by atoms with E-state index in [1.165, 1.54) is 5.56 Å². The summed E-state index contributed by atoms with van der Waals surface area (Å²) >= 11 is 0. The van der Waals surface area contributed by atoms with Gasteiger partial charge in [0.2, 0.25) is 0 Å². The zero-order chi connectivity index (χ0) is 12.3. The van der Waals surface area contributed by atoms with Gasteiger partial charge in [-0.3, -0.25) is 0 Å². The molecule has 0 aliphatic carbocycles. The van der Waals surface area contributed by atoms with Crippen LogP contribution in [0.2, 0.25) is 0 Å². The first kappa shape index (κ1) is 11.8. The van der Waals surface area contributed by atoms with Crippen molar-refractivity contribution in [2.24, 2.45) is 5.73 Å². The second kappa shape index (κ2) is 5.10. The summed E-state index contributed by atoms with van der Waals surface area (Å²) in [5, 5.41) is 8.28. The van der Waals surface area contributed by atoms with Crippen molar-refractivity contribution in [1.29, 1.82) is 0 Å². The molecule has 0 fully saturated rings. The van der Waals surface area contributed by atoms with Crippen LogP contribution in [0.4, 0.5) is 0 Å². The summed E-state index contributed by atoms with van der Waals surface area (Å²) in [5.41, 5.74) is 10.00. The highest BCUT2D eigenvalue weighted by Gasteiger charge is 2.10. The van der Waals surface area contributed by atoms with Crippen molar-refractivity contribution in [3.05, 3.63) is 41.2 Å². The Bertz CT molecular complexity index is 485. The molecule has 0 saturated heterocycles. The summed E-state index contributed by atoms with van der Waals surface area (Å²) in [4.78, 5) is 0. The lowest BCUT2D eigenvalue weighted by Crippen LogP contribution is -2.05. The van der Waals surface area contributed by atoms with Crippen LogP contribution in [0.5, 0.6) is 0 Å². The number of aryl methyl sites for hydroxylation is 1. The smallest absolute Gasteiger partial charge is 0.0999 e. The van der Waals surface area contributed by atoms with E-state index >= 15 is 0 Å². The van der Waals surface area contributed by atoms with Gasteiger partial charge >= 0.3 is 0 Å². The van der Waals surface area contributed by atoms with Crippen LogP contribution >= 0.6 is 0 Å². The van der Waals surface area contributed by atoms with Gasteiger partial charge in [0.1, 0.15) is 0 Å². The Balaban J connectivity index is 2.41. The highest BCUT2D eigenvalue weighted by Crippen LogP contribution is 2.14. The molecule has 2 rings (SSSR count). The van der Waals surface area contributed by atoms with Crippen LogP contribution in [0.3, 0.4) is 0 Å². The van der Waals surface area contributed by atoms with Gasteiger partial charge in [-0.25, -0.2) is 4.68 Å². The van der Waals surface area contributed by atoms with Crippen LogP contribution in [0.1, 0.15) is 30.8 Å². The molecule has 4 heteroatoms. The van der Waals surface area contributed by atoms with E-state index in [2.05, 4.69) is 48.4 Å². The molecule has 2 aromatic rings. The summed E-state index contributed by atoms with van der Waals surface area (Å²) < 4.78 is 1.88. The Kier molecular flexibility index (Phi) is 3.54. The highest BCUT2D eigenvalue weighted by atomic mass is 15.4. The van der Waals surface area contributed by atoms with Gasteiger partial charge in [-0.1, -0.05) is 31.2 Å². The average molecular weight is 230 g/mol. The number of hydrogen-bond acceptors (Lipinski definition) is 3. The molecular weight excluding hydrogens is 212 g/mol. The minimum Gasteiger partial charge on any atom is -0.325 e. The first-order valence-corrected chi connectivity index (χ1v) is 6.03. The van der Waals surface area contributed by atoms with Gasteiger partial charge in [0.15, 0.2) is 0 Å². The monoisotopic (exact) mass is 230 g/mol. The zero-order valence-electron chi connectivity index (χ0n) is 10.3. The number of nitrogens with zero attached hydrogens (tertiary/aromatic N) is 3. The quantitative estimate of drug-likeness (QED) is 0.872. The number of rotatable bonds is 4. The molecule has 0 saturated carbocycles. The standard InChI is InChI=1S/C13H18N4/c1-3-10-5-7-11(8-6-10)17-13(4-2)12(9-14)15-16-17/h5-8H,3-4,9,14H2,1-2H3. The van der Waals surface area contributed by atoms with Crippen LogP contribution in [0, 0.1) is 0 Å². The molecule has 0 unspecified atom stereocenters. The summed E-state index contributed by atoms with van der Waals surface area (Å²) in [7, 11) is 0. The molecular formula is C13H18N4. The summed E-state index contributed by atoms with van der Waals surface area (Å²) in [6, 6.07) is 8.40. The maximum absolute atomic E-state index is 5.65. The Labute approximate surface area is 101 Å². The lowest BCUT2D eigenvalue weighted by atomic mass is 10.1. The molecule has 0 amide bonds. The predicted octanol–water partition coefficient (Wildman–Crippen LogP) is 1.85. The van der Waals surface area contributed by atoms with E-state index in [1.807, 2.05) is 4.68 Å². The van der Waals surface area contributed by atoms with Crippen molar-refractivity contribution in [2.45, 2.75) is 33.2 Å². The molecule has 0 radical (unpaired) electrons. The van der Waals surface area contributed by atoms with Gasteiger partial charge in [-0.05, 0) is 30.5 Å². The first-order valence-electron chi connectivity index (χ1n) is 6.03. The topological polar surface area (TPSA) is 56.7 Å². The van der Waals surface area contributed by atoms with E-state index in [4.69, 9.17) is 5.73 Å². The molecule has 1 heterocycles. The van der Waals surface area contributed by atoms with Crippen molar-refractivity contribution in [2.75, 3.05) is 0 Å². The minimum atomic E-state index is 0.441. The lowest BCUT2D eigenvalue weighted by molar-refractivity contribution is 0.766. The Morgan fingerprint density at radius 2 is 1.82 bits per heavy atom. The van der Waals surface area contributed by atoms with Crippen LogP contribution in [0.15, 0.2) is 24.3 Å². The fraction of sp³-hybridized carbons (Fsp3) is 0.385. The van der Waals surface area contributed by atoms with E-state index in [9.17, 15) is 0 Å². The maximum Gasteiger partial charge on any atom is 0.0999 e. The van der Waals surface area contributed by atoms with Gasteiger partial charge < -0.3 is 5.73 Å². The van der Waals surface area contributed by atoms with Crippen LogP contribution < -0.4 is 5.73 Å². The maximum atomic E-state index is 5.65. The SMILES string of the molecule is CCc1ccc(-n2nnc(CN)c2CC)cc1. The number of nitrogens with two attached hydrogens (primary N) is 1. The number of benzene rings is 1. The average Bonchev–Trinajstić information content (AvgIpc) is 2.81. The highest BCUT2D eigenvalue weighted by molar-refractivity contribution is 5.36.